The highest BCUT2D eigenvalue weighted by Crippen LogP contribution is 2.16. The Kier molecular flexibility index (Phi) is 3.16. The van der Waals surface area contributed by atoms with Crippen molar-refractivity contribution in [3.05, 3.63) is 0 Å². The van der Waals surface area contributed by atoms with E-state index in [1.165, 1.54) is 25.8 Å². The van der Waals surface area contributed by atoms with E-state index in [0.717, 1.165) is 12.5 Å². The summed E-state index contributed by atoms with van der Waals surface area (Å²) in [6.07, 6.45) is 3.86. The molecule has 1 heterocycles. The van der Waals surface area contributed by atoms with E-state index in [2.05, 4.69) is 12.2 Å². The molecule has 2 atom stereocenters. The number of nitrogens with one attached hydrogen (secondary N) is 1. The van der Waals surface area contributed by atoms with Crippen molar-refractivity contribution in [1.82, 2.24) is 5.32 Å². The molecule has 2 nitrogen and oxygen atoms in total. The fraction of sp³-hybridized carbons (Fsp3) is 1.00. The Morgan fingerprint density at radius 1 is 1.60 bits per heavy atom. The number of hydrogen-bond donors (Lipinski definition) is 2. The first-order chi connectivity index (χ1) is 4.84. The molecule has 0 aliphatic carbocycles. The smallest absolute Gasteiger partial charge is 0.0194 e. The molecule has 0 spiro atoms. The Bertz CT molecular complexity index is 91.3. The van der Waals surface area contributed by atoms with Crippen LogP contribution < -0.4 is 11.1 Å². The van der Waals surface area contributed by atoms with Gasteiger partial charge in [0, 0.05) is 12.6 Å². The predicted molar refractivity (Wildman–Crippen MR) is 43.9 cm³/mol. The molecule has 0 aromatic rings. The fourth-order valence-electron chi connectivity index (χ4n) is 1.67. The molecular formula is C8H18N2. The molecule has 2 heteroatoms. The zero-order chi connectivity index (χ0) is 7.40. The minimum Gasteiger partial charge on any atom is -0.326 e. The van der Waals surface area contributed by atoms with Crippen LogP contribution in [0.25, 0.3) is 0 Å². The van der Waals surface area contributed by atoms with Crippen LogP contribution in [-0.2, 0) is 0 Å². The van der Waals surface area contributed by atoms with E-state index in [0.29, 0.717) is 6.04 Å². The van der Waals surface area contributed by atoms with E-state index >= 15 is 0 Å². The molecule has 1 aliphatic rings. The van der Waals surface area contributed by atoms with Gasteiger partial charge < -0.3 is 11.1 Å². The fourth-order valence-corrected chi connectivity index (χ4v) is 1.67. The van der Waals surface area contributed by atoms with E-state index < -0.39 is 0 Å². The van der Waals surface area contributed by atoms with Gasteiger partial charge in [-0.25, -0.2) is 0 Å². The van der Waals surface area contributed by atoms with Gasteiger partial charge in [-0.2, -0.15) is 0 Å². The molecule has 0 bridgehead atoms. The highest BCUT2D eigenvalue weighted by Gasteiger charge is 2.19. The lowest BCUT2D eigenvalue weighted by atomic mass is 9.89. The van der Waals surface area contributed by atoms with Crippen molar-refractivity contribution in [2.75, 3.05) is 13.1 Å². The van der Waals surface area contributed by atoms with Crippen LogP contribution in [0.2, 0.25) is 0 Å². The average Bonchev–Trinajstić information content (AvgIpc) is 1.94. The molecule has 0 radical (unpaired) electrons. The molecule has 0 aromatic heterocycles. The van der Waals surface area contributed by atoms with Crippen LogP contribution in [0, 0.1) is 5.92 Å². The Balaban J connectivity index is 2.25. The molecule has 0 saturated carbocycles. The summed E-state index contributed by atoms with van der Waals surface area (Å²) < 4.78 is 0. The highest BCUT2D eigenvalue weighted by atomic mass is 14.9. The van der Waals surface area contributed by atoms with Crippen LogP contribution in [-0.4, -0.2) is 19.1 Å². The summed E-state index contributed by atoms with van der Waals surface area (Å²) in [5.41, 5.74) is 5.90. The van der Waals surface area contributed by atoms with Gasteiger partial charge in [0.25, 0.3) is 0 Å². The Morgan fingerprint density at radius 3 is 3.00 bits per heavy atom. The van der Waals surface area contributed by atoms with E-state index in [4.69, 9.17) is 5.73 Å². The third-order valence-corrected chi connectivity index (χ3v) is 2.34. The van der Waals surface area contributed by atoms with Crippen LogP contribution in [0.5, 0.6) is 0 Å². The topological polar surface area (TPSA) is 38.0 Å². The Labute approximate surface area is 63.2 Å². The minimum absolute atomic E-state index is 0.411. The molecule has 1 fully saturated rings. The van der Waals surface area contributed by atoms with E-state index in [1.54, 1.807) is 0 Å². The van der Waals surface area contributed by atoms with Crippen molar-refractivity contribution in [1.29, 1.82) is 0 Å². The maximum absolute atomic E-state index is 5.90. The van der Waals surface area contributed by atoms with Crippen LogP contribution in [0.15, 0.2) is 0 Å². The molecule has 0 aromatic carbocycles. The summed E-state index contributed by atoms with van der Waals surface area (Å²) in [7, 11) is 0. The molecule has 0 amide bonds. The van der Waals surface area contributed by atoms with Crippen molar-refractivity contribution in [3.63, 3.8) is 0 Å². The lowest BCUT2D eigenvalue weighted by molar-refractivity contribution is 0.305. The first kappa shape index (κ1) is 8.02. The minimum atomic E-state index is 0.411. The highest BCUT2D eigenvalue weighted by molar-refractivity contribution is 4.79. The molecule has 10 heavy (non-hydrogen) atoms. The number of piperidine rings is 1. The quantitative estimate of drug-likeness (QED) is 0.596. The third-order valence-electron chi connectivity index (χ3n) is 2.34. The summed E-state index contributed by atoms with van der Waals surface area (Å²) in [6.45, 7) is 4.41. The summed E-state index contributed by atoms with van der Waals surface area (Å²) in [5.74, 6) is 0.784. The predicted octanol–water partition coefficient (Wildman–Crippen LogP) is 0.723. The van der Waals surface area contributed by atoms with Crippen LogP contribution in [0.1, 0.15) is 26.2 Å². The lowest BCUT2D eigenvalue weighted by Gasteiger charge is -2.28. The SMILES string of the molecule is CCCC1CCNCC1N. The van der Waals surface area contributed by atoms with Gasteiger partial charge in [-0.05, 0) is 25.3 Å². The third kappa shape index (κ3) is 1.96. The molecule has 1 aliphatic heterocycles. The second kappa shape index (κ2) is 3.94. The molecule has 3 N–H and O–H groups in total. The summed E-state index contributed by atoms with van der Waals surface area (Å²) >= 11 is 0. The van der Waals surface area contributed by atoms with E-state index in [1.807, 2.05) is 0 Å². The van der Waals surface area contributed by atoms with Crippen molar-refractivity contribution in [3.8, 4) is 0 Å². The van der Waals surface area contributed by atoms with Gasteiger partial charge in [0.05, 0.1) is 0 Å². The van der Waals surface area contributed by atoms with Crippen LogP contribution >= 0.6 is 0 Å². The Hall–Kier alpha value is -0.0800. The van der Waals surface area contributed by atoms with Gasteiger partial charge >= 0.3 is 0 Å². The zero-order valence-electron chi connectivity index (χ0n) is 6.77. The normalized spacial score (nSPS) is 34.2. The first-order valence-electron chi connectivity index (χ1n) is 4.31. The Morgan fingerprint density at radius 2 is 2.40 bits per heavy atom. The summed E-state index contributed by atoms with van der Waals surface area (Å²) in [5, 5.41) is 3.30. The lowest BCUT2D eigenvalue weighted by Crippen LogP contribution is -2.45. The van der Waals surface area contributed by atoms with Gasteiger partial charge in [0.1, 0.15) is 0 Å². The summed E-state index contributed by atoms with van der Waals surface area (Å²) in [4.78, 5) is 0. The van der Waals surface area contributed by atoms with Crippen molar-refractivity contribution in [2.24, 2.45) is 11.7 Å². The maximum atomic E-state index is 5.90. The molecule has 2 unspecified atom stereocenters. The molecule has 60 valence electrons. The number of rotatable bonds is 2. The molecule has 1 saturated heterocycles. The zero-order valence-corrected chi connectivity index (χ0v) is 6.77. The van der Waals surface area contributed by atoms with Gasteiger partial charge in [0.2, 0.25) is 0 Å². The largest absolute Gasteiger partial charge is 0.326 e. The van der Waals surface area contributed by atoms with Gasteiger partial charge in [0.15, 0.2) is 0 Å². The average molecular weight is 142 g/mol. The maximum Gasteiger partial charge on any atom is 0.0194 e. The van der Waals surface area contributed by atoms with Gasteiger partial charge in [-0.15, -0.1) is 0 Å². The molecule has 1 rings (SSSR count). The van der Waals surface area contributed by atoms with Crippen LogP contribution in [0.3, 0.4) is 0 Å². The van der Waals surface area contributed by atoms with Crippen molar-refractivity contribution >= 4 is 0 Å². The molecular weight excluding hydrogens is 124 g/mol. The second-order valence-electron chi connectivity index (χ2n) is 3.21. The second-order valence-corrected chi connectivity index (χ2v) is 3.21. The van der Waals surface area contributed by atoms with Crippen LogP contribution in [0.4, 0.5) is 0 Å². The van der Waals surface area contributed by atoms with Gasteiger partial charge in [-0.3, -0.25) is 0 Å². The first-order valence-corrected chi connectivity index (χ1v) is 4.31. The number of hydrogen-bond acceptors (Lipinski definition) is 2. The van der Waals surface area contributed by atoms with Crippen molar-refractivity contribution in [2.45, 2.75) is 32.2 Å². The van der Waals surface area contributed by atoms with E-state index in [9.17, 15) is 0 Å². The standard InChI is InChI=1S/C8H18N2/c1-2-3-7-4-5-10-6-8(7)9/h7-8,10H,2-6,9H2,1H3. The van der Waals surface area contributed by atoms with Crippen molar-refractivity contribution < 1.29 is 0 Å². The monoisotopic (exact) mass is 142 g/mol. The van der Waals surface area contributed by atoms with E-state index in [-0.39, 0.29) is 0 Å². The number of nitrogens with two attached hydrogens (primary N) is 1. The van der Waals surface area contributed by atoms with Gasteiger partial charge in [-0.1, -0.05) is 13.3 Å². The summed E-state index contributed by atoms with van der Waals surface area (Å²) in [6, 6.07) is 0.411.